The third-order valence-electron chi connectivity index (χ3n) is 8.66. The number of thiophene rings is 1. The lowest BCUT2D eigenvalue weighted by atomic mass is 10.1. The number of benzene rings is 2. The molecule has 2 unspecified atom stereocenters. The van der Waals surface area contributed by atoms with Crippen molar-refractivity contribution in [1.82, 2.24) is 14.9 Å². The van der Waals surface area contributed by atoms with Crippen molar-refractivity contribution in [2.24, 2.45) is 11.1 Å². The standard InChI is InChI=1S/C33H34N4O8S2/c1-3-21-17-33(21,32(41)36-47(42,43)24-11-12-24)35-30(39)27-16-23(19-37(27)31(40)26-7-4-5-8-28(26)38)45-34-18-20-15-22(44-2)10-13-25(20)29-9-6-14-46-29/h3-10,13-15,18,21,23-24,27,38H,1,11-12,16-17,19H2,2H3,(H,35,39)(H,36,41)/b34-18+/t21-,23?,27?,33+/m1/s1. The van der Waals surface area contributed by atoms with Gasteiger partial charge in [0.25, 0.3) is 11.8 Å². The molecule has 0 bridgehead atoms. The SMILES string of the molecule is C=C[C@@H]1C[C@@]1(NC(=O)C1CC(O/N=C/c2cc(OC)ccc2-c2cccs2)CN1C(=O)c1ccccc1O)C(=O)NS(=O)(=O)C1CC1. The Morgan fingerprint density at radius 1 is 1.15 bits per heavy atom. The van der Waals surface area contributed by atoms with Crippen molar-refractivity contribution >= 4 is 45.3 Å². The molecule has 12 nitrogen and oxygen atoms in total. The van der Waals surface area contributed by atoms with Gasteiger partial charge in [-0.25, -0.2) is 8.42 Å². The lowest BCUT2D eigenvalue weighted by molar-refractivity contribution is -0.131. The number of nitrogens with zero attached hydrogens (tertiary/aromatic N) is 2. The van der Waals surface area contributed by atoms with E-state index in [1.54, 1.807) is 36.8 Å². The van der Waals surface area contributed by atoms with Gasteiger partial charge in [0.2, 0.25) is 15.9 Å². The Balaban J connectivity index is 1.23. The second-order valence-electron chi connectivity index (χ2n) is 11.8. The topological polar surface area (TPSA) is 164 Å². The van der Waals surface area contributed by atoms with Gasteiger partial charge in [-0.3, -0.25) is 19.1 Å². The number of methoxy groups -OCH3 is 1. The van der Waals surface area contributed by atoms with Crippen LogP contribution in [0.1, 0.15) is 41.6 Å². The van der Waals surface area contributed by atoms with E-state index in [2.05, 4.69) is 21.8 Å². The molecule has 14 heteroatoms. The van der Waals surface area contributed by atoms with Crippen LogP contribution in [0.5, 0.6) is 11.5 Å². The van der Waals surface area contributed by atoms with Crippen LogP contribution in [0.25, 0.3) is 10.4 Å². The number of carbonyl (C=O) groups excluding carboxylic acids is 3. The molecule has 3 aliphatic rings. The maximum Gasteiger partial charge on any atom is 0.259 e. The molecule has 2 aliphatic carbocycles. The lowest BCUT2D eigenvalue weighted by Crippen LogP contribution is -2.56. The lowest BCUT2D eigenvalue weighted by Gasteiger charge is -2.26. The van der Waals surface area contributed by atoms with Crippen LogP contribution in [-0.4, -0.2) is 78.9 Å². The van der Waals surface area contributed by atoms with Crippen molar-refractivity contribution in [3.05, 3.63) is 83.8 Å². The fraction of sp³-hybridized carbons (Fsp3) is 0.333. The van der Waals surface area contributed by atoms with E-state index in [0.29, 0.717) is 18.6 Å². The number of rotatable bonds is 12. The van der Waals surface area contributed by atoms with Crippen LogP contribution in [0.15, 0.2) is 77.8 Å². The van der Waals surface area contributed by atoms with Crippen molar-refractivity contribution < 1.29 is 37.5 Å². The van der Waals surface area contributed by atoms with Crippen molar-refractivity contribution in [1.29, 1.82) is 0 Å². The van der Waals surface area contributed by atoms with Gasteiger partial charge >= 0.3 is 0 Å². The normalized spacial score (nSPS) is 23.7. The van der Waals surface area contributed by atoms with Gasteiger partial charge < -0.3 is 24.9 Å². The molecule has 1 aliphatic heterocycles. The third kappa shape index (κ3) is 6.60. The number of amides is 3. The quantitative estimate of drug-likeness (QED) is 0.149. The predicted octanol–water partition coefficient (Wildman–Crippen LogP) is 3.43. The molecule has 0 spiro atoms. The molecule has 3 aromatic rings. The summed E-state index contributed by atoms with van der Waals surface area (Å²) in [6.07, 6.45) is 3.43. The molecule has 3 N–H and O–H groups in total. The summed E-state index contributed by atoms with van der Waals surface area (Å²) < 4.78 is 32.6. The molecular formula is C33H34N4O8S2. The zero-order chi connectivity index (χ0) is 33.3. The van der Waals surface area contributed by atoms with Crippen LogP contribution in [-0.2, 0) is 24.4 Å². The molecule has 6 rings (SSSR count). The summed E-state index contributed by atoms with van der Waals surface area (Å²) in [5, 5.41) is 18.7. The summed E-state index contributed by atoms with van der Waals surface area (Å²) in [7, 11) is -2.30. The Morgan fingerprint density at radius 3 is 2.60 bits per heavy atom. The number of sulfonamides is 1. The van der Waals surface area contributed by atoms with E-state index in [4.69, 9.17) is 9.57 Å². The number of phenolic OH excluding ortho intramolecular Hbond substituents is 1. The molecule has 1 saturated heterocycles. The fourth-order valence-electron chi connectivity index (χ4n) is 5.78. The molecule has 1 aromatic heterocycles. The van der Waals surface area contributed by atoms with Crippen LogP contribution in [0.3, 0.4) is 0 Å². The molecule has 246 valence electrons. The Kier molecular flexibility index (Phi) is 8.81. The zero-order valence-corrected chi connectivity index (χ0v) is 27.1. The Morgan fingerprint density at radius 2 is 1.94 bits per heavy atom. The third-order valence-corrected chi connectivity index (χ3v) is 11.4. The van der Waals surface area contributed by atoms with Crippen LogP contribution in [0.2, 0.25) is 0 Å². The molecule has 47 heavy (non-hydrogen) atoms. The predicted molar refractivity (Wildman–Crippen MR) is 176 cm³/mol. The Bertz CT molecular complexity index is 1840. The van der Waals surface area contributed by atoms with Gasteiger partial charge in [-0.2, -0.15) is 0 Å². The summed E-state index contributed by atoms with van der Waals surface area (Å²) >= 11 is 1.57. The highest BCUT2D eigenvalue weighted by atomic mass is 32.2. The summed E-state index contributed by atoms with van der Waals surface area (Å²) in [4.78, 5) is 48.9. The number of likely N-dealkylation sites (tertiary alicyclic amines) is 1. The maximum absolute atomic E-state index is 13.9. The van der Waals surface area contributed by atoms with Crippen LogP contribution in [0.4, 0.5) is 0 Å². The first-order chi connectivity index (χ1) is 22.6. The maximum atomic E-state index is 13.9. The minimum absolute atomic E-state index is 0.00945. The number of nitrogens with one attached hydrogen (secondary N) is 2. The van der Waals surface area contributed by atoms with Crippen LogP contribution < -0.4 is 14.8 Å². The summed E-state index contributed by atoms with van der Waals surface area (Å²) in [5.41, 5.74) is 0.123. The first kappa shape index (κ1) is 32.3. The fourth-order valence-corrected chi connectivity index (χ4v) is 7.92. The monoisotopic (exact) mass is 678 g/mol. The van der Waals surface area contributed by atoms with Gasteiger partial charge in [-0.05, 0) is 61.0 Å². The highest BCUT2D eigenvalue weighted by Crippen LogP contribution is 2.45. The number of aromatic hydroxyl groups is 1. The van der Waals surface area contributed by atoms with Gasteiger partial charge in [0.1, 0.15) is 29.2 Å². The van der Waals surface area contributed by atoms with E-state index in [-0.39, 0.29) is 30.7 Å². The van der Waals surface area contributed by atoms with E-state index in [9.17, 15) is 27.9 Å². The molecule has 2 aromatic carbocycles. The van der Waals surface area contributed by atoms with Crippen LogP contribution in [0, 0.1) is 5.92 Å². The average Bonchev–Trinajstić information content (AvgIpc) is 3.93. The molecule has 3 fully saturated rings. The number of oxime groups is 1. The summed E-state index contributed by atoms with van der Waals surface area (Å²) in [5.74, 6) is -2.24. The smallest absolute Gasteiger partial charge is 0.259 e. The van der Waals surface area contributed by atoms with E-state index in [1.165, 1.54) is 23.1 Å². The first-order valence-electron chi connectivity index (χ1n) is 15.1. The van der Waals surface area contributed by atoms with E-state index < -0.39 is 56.6 Å². The number of hydrogen-bond donors (Lipinski definition) is 3. The highest BCUT2D eigenvalue weighted by molar-refractivity contribution is 7.91. The molecule has 4 atom stereocenters. The minimum Gasteiger partial charge on any atom is -0.507 e. The molecule has 2 saturated carbocycles. The zero-order valence-electron chi connectivity index (χ0n) is 25.5. The van der Waals surface area contributed by atoms with E-state index in [0.717, 1.165) is 16.0 Å². The minimum atomic E-state index is -3.87. The molecule has 3 amide bonds. The molecule has 2 heterocycles. The van der Waals surface area contributed by atoms with Gasteiger partial charge in [-0.15, -0.1) is 17.9 Å². The van der Waals surface area contributed by atoms with E-state index >= 15 is 0 Å². The summed E-state index contributed by atoms with van der Waals surface area (Å²) in [6.45, 7) is 3.69. The Labute approximate surface area is 276 Å². The average molecular weight is 679 g/mol. The second-order valence-corrected chi connectivity index (χ2v) is 14.7. The second kappa shape index (κ2) is 12.8. The number of phenols is 1. The van der Waals surface area contributed by atoms with Crippen molar-refractivity contribution in [3.63, 3.8) is 0 Å². The highest BCUT2D eigenvalue weighted by Gasteiger charge is 2.62. The number of para-hydroxylation sites is 1. The van der Waals surface area contributed by atoms with Crippen molar-refractivity contribution in [2.75, 3.05) is 13.7 Å². The van der Waals surface area contributed by atoms with Gasteiger partial charge in [-0.1, -0.05) is 29.4 Å². The van der Waals surface area contributed by atoms with Gasteiger partial charge in [0.15, 0.2) is 0 Å². The largest absolute Gasteiger partial charge is 0.507 e. The molecular weight excluding hydrogens is 645 g/mol. The number of carbonyl (C=O) groups is 3. The van der Waals surface area contributed by atoms with Crippen molar-refractivity contribution in [2.45, 2.75) is 48.6 Å². The summed E-state index contributed by atoms with van der Waals surface area (Å²) in [6, 6.07) is 14.4. The van der Waals surface area contributed by atoms with Gasteiger partial charge in [0.05, 0.1) is 30.7 Å². The van der Waals surface area contributed by atoms with E-state index in [1.807, 2.05) is 35.7 Å². The first-order valence-corrected chi connectivity index (χ1v) is 17.5. The molecule has 0 radical (unpaired) electrons. The number of hydrogen-bond acceptors (Lipinski definition) is 10. The number of ether oxygens (including phenoxy) is 1. The van der Waals surface area contributed by atoms with Crippen LogP contribution >= 0.6 is 11.3 Å². The Hall–Kier alpha value is -4.69. The van der Waals surface area contributed by atoms with Gasteiger partial charge in [0, 0.05) is 28.3 Å². The van der Waals surface area contributed by atoms with Crippen molar-refractivity contribution in [3.8, 4) is 21.9 Å².